The number of thioether (sulfide) groups is 1. The predicted molar refractivity (Wildman–Crippen MR) is 137 cm³/mol. The van der Waals surface area contributed by atoms with Gasteiger partial charge in [-0.2, -0.15) is 10.1 Å². The van der Waals surface area contributed by atoms with Gasteiger partial charge in [-0.05, 0) is 29.1 Å². The standard InChI is InChI=1S/C25H22N4O3S2/c1-32-20-11-6-5-10-17(20)26-23(30)15-22-24(31)27-25(34-22)29-19(16-8-3-2-4-9-16)14-18(28-29)21-12-7-13-33-21/h2-13,19,22H,14-15H2,1H3,(H,26,30)/t19-,22+/m1/s1. The molecule has 5 rings (SSSR count). The van der Waals surface area contributed by atoms with Gasteiger partial charge in [-0.25, -0.2) is 5.01 Å². The first-order valence-corrected chi connectivity index (χ1v) is 12.6. The van der Waals surface area contributed by atoms with Crippen LogP contribution in [0.5, 0.6) is 5.75 Å². The van der Waals surface area contributed by atoms with E-state index in [1.54, 1.807) is 30.6 Å². The van der Waals surface area contributed by atoms with Crippen LogP contribution < -0.4 is 10.1 Å². The molecule has 1 aromatic heterocycles. The molecule has 2 aliphatic heterocycles. The van der Waals surface area contributed by atoms with E-state index in [1.165, 1.54) is 11.8 Å². The third-order valence-electron chi connectivity index (χ3n) is 5.58. The summed E-state index contributed by atoms with van der Waals surface area (Å²) in [5.41, 5.74) is 2.64. The lowest BCUT2D eigenvalue weighted by molar-refractivity contribution is -0.121. The van der Waals surface area contributed by atoms with Crippen molar-refractivity contribution in [2.75, 3.05) is 12.4 Å². The van der Waals surface area contributed by atoms with E-state index in [0.29, 0.717) is 16.6 Å². The zero-order valence-corrected chi connectivity index (χ0v) is 20.0. The summed E-state index contributed by atoms with van der Waals surface area (Å²) >= 11 is 2.93. The molecule has 2 amide bonds. The smallest absolute Gasteiger partial charge is 0.262 e. The number of amidine groups is 1. The Labute approximate surface area is 205 Å². The number of thiophene rings is 1. The van der Waals surface area contributed by atoms with Crippen LogP contribution >= 0.6 is 23.1 Å². The summed E-state index contributed by atoms with van der Waals surface area (Å²) in [6.07, 6.45) is 0.733. The fraction of sp³-hybridized carbons (Fsp3) is 0.200. The molecule has 0 spiro atoms. The zero-order valence-electron chi connectivity index (χ0n) is 18.4. The van der Waals surface area contributed by atoms with Gasteiger partial charge in [0.15, 0.2) is 5.17 Å². The first-order valence-electron chi connectivity index (χ1n) is 10.8. The molecule has 7 nitrogen and oxygen atoms in total. The number of carbonyl (C=O) groups is 2. The molecule has 2 atom stereocenters. The van der Waals surface area contributed by atoms with Crippen LogP contribution in [-0.2, 0) is 9.59 Å². The first-order chi connectivity index (χ1) is 16.6. The van der Waals surface area contributed by atoms with Gasteiger partial charge in [0.1, 0.15) is 11.0 Å². The number of amides is 2. The molecular formula is C25H22N4O3S2. The maximum Gasteiger partial charge on any atom is 0.262 e. The number of para-hydroxylation sites is 2. The molecule has 0 fully saturated rings. The number of hydrogen-bond donors (Lipinski definition) is 1. The minimum Gasteiger partial charge on any atom is -0.495 e. The highest BCUT2D eigenvalue weighted by atomic mass is 32.2. The van der Waals surface area contributed by atoms with Crippen LogP contribution in [0.1, 0.15) is 29.3 Å². The monoisotopic (exact) mass is 490 g/mol. The minimum absolute atomic E-state index is 0.0138. The SMILES string of the molecule is COc1ccccc1NC(=O)C[C@@H]1SC(N2N=C(c3cccs3)C[C@@H]2c2ccccc2)=NC1=O. The van der Waals surface area contributed by atoms with Crippen LogP contribution in [0, 0.1) is 0 Å². The van der Waals surface area contributed by atoms with E-state index in [-0.39, 0.29) is 24.3 Å². The summed E-state index contributed by atoms with van der Waals surface area (Å²) < 4.78 is 5.29. The second-order valence-corrected chi connectivity index (χ2v) is 9.91. The highest BCUT2D eigenvalue weighted by molar-refractivity contribution is 8.15. The lowest BCUT2D eigenvalue weighted by Crippen LogP contribution is -2.25. The van der Waals surface area contributed by atoms with E-state index in [9.17, 15) is 9.59 Å². The third-order valence-corrected chi connectivity index (χ3v) is 7.64. The van der Waals surface area contributed by atoms with Crippen LogP contribution in [0.3, 0.4) is 0 Å². The lowest BCUT2D eigenvalue weighted by Gasteiger charge is -2.23. The maximum atomic E-state index is 12.7. The summed E-state index contributed by atoms with van der Waals surface area (Å²) in [4.78, 5) is 30.8. The number of methoxy groups -OCH3 is 1. The van der Waals surface area contributed by atoms with Gasteiger partial charge in [0.05, 0.1) is 29.4 Å². The molecular weight excluding hydrogens is 468 g/mol. The maximum absolute atomic E-state index is 12.7. The Kier molecular flexibility index (Phi) is 6.46. The Morgan fingerprint density at radius 3 is 2.68 bits per heavy atom. The highest BCUT2D eigenvalue weighted by Crippen LogP contribution is 2.39. The second-order valence-electron chi connectivity index (χ2n) is 7.79. The van der Waals surface area contributed by atoms with Gasteiger partial charge >= 0.3 is 0 Å². The van der Waals surface area contributed by atoms with E-state index in [4.69, 9.17) is 9.84 Å². The number of ether oxygens (including phenoxy) is 1. The third kappa shape index (κ3) is 4.62. The van der Waals surface area contributed by atoms with Gasteiger partial charge in [0.25, 0.3) is 5.91 Å². The van der Waals surface area contributed by atoms with Crippen molar-refractivity contribution >= 4 is 51.5 Å². The van der Waals surface area contributed by atoms with Crippen molar-refractivity contribution in [2.45, 2.75) is 24.1 Å². The topological polar surface area (TPSA) is 83.4 Å². The van der Waals surface area contributed by atoms with Gasteiger partial charge in [-0.1, -0.05) is 60.3 Å². The average Bonchev–Trinajstić information content (AvgIpc) is 3.60. The molecule has 0 bridgehead atoms. The Morgan fingerprint density at radius 2 is 1.91 bits per heavy atom. The molecule has 3 aromatic rings. The second kappa shape index (κ2) is 9.82. The minimum atomic E-state index is -0.595. The number of rotatable bonds is 6. The van der Waals surface area contributed by atoms with Gasteiger partial charge in [0.2, 0.25) is 5.91 Å². The van der Waals surface area contributed by atoms with Crippen molar-refractivity contribution < 1.29 is 14.3 Å². The van der Waals surface area contributed by atoms with Gasteiger partial charge in [-0.15, -0.1) is 11.3 Å². The summed E-state index contributed by atoms with van der Waals surface area (Å²) in [5, 5.41) is 11.5. The van der Waals surface area contributed by atoms with Crippen LogP contribution in [0.4, 0.5) is 5.69 Å². The molecule has 0 aliphatic carbocycles. The van der Waals surface area contributed by atoms with Crippen molar-refractivity contribution in [3.63, 3.8) is 0 Å². The molecule has 0 radical (unpaired) electrons. The molecule has 0 unspecified atom stereocenters. The van der Waals surface area contributed by atoms with E-state index in [0.717, 1.165) is 22.6 Å². The molecule has 0 saturated carbocycles. The molecule has 0 saturated heterocycles. The van der Waals surface area contributed by atoms with Gasteiger partial charge in [-0.3, -0.25) is 9.59 Å². The number of nitrogens with one attached hydrogen (secondary N) is 1. The van der Waals surface area contributed by atoms with Crippen molar-refractivity contribution in [2.24, 2.45) is 10.1 Å². The van der Waals surface area contributed by atoms with Crippen LogP contribution in [0.25, 0.3) is 0 Å². The molecule has 172 valence electrons. The summed E-state index contributed by atoms with van der Waals surface area (Å²) in [7, 11) is 1.55. The Balaban J connectivity index is 1.32. The normalized spacial score (nSPS) is 19.7. The Morgan fingerprint density at radius 1 is 1.12 bits per heavy atom. The quantitative estimate of drug-likeness (QED) is 0.530. The van der Waals surface area contributed by atoms with Gasteiger partial charge < -0.3 is 10.1 Å². The predicted octanol–water partition coefficient (Wildman–Crippen LogP) is 4.93. The van der Waals surface area contributed by atoms with E-state index >= 15 is 0 Å². The van der Waals surface area contributed by atoms with Crippen molar-refractivity contribution in [3.8, 4) is 5.75 Å². The summed E-state index contributed by atoms with van der Waals surface area (Å²) in [6, 6.07) is 21.3. The van der Waals surface area contributed by atoms with Gasteiger partial charge in [0, 0.05) is 12.8 Å². The van der Waals surface area contributed by atoms with Crippen molar-refractivity contribution in [3.05, 3.63) is 82.6 Å². The molecule has 2 aliphatic rings. The molecule has 9 heteroatoms. The number of benzene rings is 2. The van der Waals surface area contributed by atoms with E-state index in [2.05, 4.69) is 28.5 Å². The largest absolute Gasteiger partial charge is 0.495 e. The number of carbonyl (C=O) groups excluding carboxylic acids is 2. The molecule has 3 heterocycles. The van der Waals surface area contributed by atoms with E-state index < -0.39 is 5.25 Å². The summed E-state index contributed by atoms with van der Waals surface area (Å²) in [6.45, 7) is 0. The summed E-state index contributed by atoms with van der Waals surface area (Å²) in [5.74, 6) is -0.0197. The fourth-order valence-corrected chi connectivity index (χ4v) is 5.72. The zero-order chi connectivity index (χ0) is 23.5. The van der Waals surface area contributed by atoms with Crippen LogP contribution in [-0.4, -0.2) is 40.1 Å². The molecule has 2 aromatic carbocycles. The Bertz CT molecular complexity index is 1260. The fourth-order valence-electron chi connectivity index (χ4n) is 3.94. The highest BCUT2D eigenvalue weighted by Gasteiger charge is 2.39. The molecule has 34 heavy (non-hydrogen) atoms. The number of nitrogens with zero attached hydrogens (tertiary/aromatic N) is 3. The average molecular weight is 491 g/mol. The Hall–Kier alpha value is -3.43. The van der Waals surface area contributed by atoms with Crippen LogP contribution in [0.15, 0.2) is 82.2 Å². The number of hydrogen-bond acceptors (Lipinski definition) is 7. The molecule has 1 N–H and O–H groups in total. The van der Waals surface area contributed by atoms with Crippen molar-refractivity contribution in [1.29, 1.82) is 0 Å². The first kappa shape index (κ1) is 22.4. The number of aliphatic imine (C=N–C) groups is 1. The van der Waals surface area contributed by atoms with Crippen LogP contribution in [0.2, 0.25) is 0 Å². The number of anilines is 1. The van der Waals surface area contributed by atoms with Crippen molar-refractivity contribution in [1.82, 2.24) is 5.01 Å². The van der Waals surface area contributed by atoms with E-state index in [1.807, 2.05) is 46.8 Å². The lowest BCUT2D eigenvalue weighted by atomic mass is 10.0. The number of hydrazone groups is 1.